The minimum absolute atomic E-state index is 0.0380. The second-order valence-corrected chi connectivity index (χ2v) is 6.69. The Bertz CT molecular complexity index is 829. The maximum Gasteiger partial charge on any atom is 0.251 e. The Morgan fingerprint density at radius 3 is 2.72 bits per heavy atom. The van der Waals surface area contributed by atoms with Crippen molar-refractivity contribution < 1.29 is 9.59 Å². The van der Waals surface area contributed by atoms with Crippen LogP contribution in [0.2, 0.25) is 0 Å². The molecule has 0 aliphatic carbocycles. The standard InChI is InChI=1S/C20H21N3O2/c1-13-2-6-16(7-3-13)23-11-9-18(20(23)25)22-15-5-4-14-8-10-21-19(24)17(14)12-15/h2-7,12,18,22H,8-11H2,1H3,(H,21,24)/t18-/m0/s1. The summed E-state index contributed by atoms with van der Waals surface area (Å²) in [4.78, 5) is 26.5. The van der Waals surface area contributed by atoms with E-state index in [1.807, 2.05) is 54.3 Å². The molecule has 2 aromatic rings. The lowest BCUT2D eigenvalue weighted by atomic mass is 9.99. The van der Waals surface area contributed by atoms with E-state index in [1.54, 1.807) is 0 Å². The lowest BCUT2D eigenvalue weighted by molar-refractivity contribution is -0.117. The molecule has 0 saturated carbocycles. The van der Waals surface area contributed by atoms with Crippen LogP contribution < -0.4 is 15.5 Å². The number of hydrogen-bond donors (Lipinski definition) is 2. The largest absolute Gasteiger partial charge is 0.374 e. The first-order chi connectivity index (χ1) is 12.1. The van der Waals surface area contributed by atoms with E-state index >= 15 is 0 Å². The van der Waals surface area contributed by atoms with E-state index in [0.717, 1.165) is 29.8 Å². The van der Waals surface area contributed by atoms with E-state index < -0.39 is 0 Å². The topological polar surface area (TPSA) is 61.4 Å². The van der Waals surface area contributed by atoms with Crippen molar-refractivity contribution in [1.82, 2.24) is 5.32 Å². The summed E-state index contributed by atoms with van der Waals surface area (Å²) in [5.41, 5.74) is 4.70. The van der Waals surface area contributed by atoms with Crippen LogP contribution in [-0.2, 0) is 11.2 Å². The van der Waals surface area contributed by atoms with Gasteiger partial charge in [0.1, 0.15) is 6.04 Å². The molecule has 2 aromatic carbocycles. The summed E-state index contributed by atoms with van der Waals surface area (Å²) in [5, 5.41) is 6.16. The molecule has 0 bridgehead atoms. The van der Waals surface area contributed by atoms with Crippen molar-refractivity contribution >= 4 is 23.2 Å². The smallest absolute Gasteiger partial charge is 0.251 e. The number of nitrogens with zero attached hydrogens (tertiary/aromatic N) is 1. The third-order valence-corrected chi connectivity index (χ3v) is 4.93. The van der Waals surface area contributed by atoms with Gasteiger partial charge in [-0.25, -0.2) is 0 Å². The summed E-state index contributed by atoms with van der Waals surface area (Å²) in [6, 6.07) is 13.5. The molecule has 25 heavy (non-hydrogen) atoms. The summed E-state index contributed by atoms with van der Waals surface area (Å²) in [6.45, 7) is 3.42. The molecule has 128 valence electrons. The quantitative estimate of drug-likeness (QED) is 0.906. The molecule has 2 heterocycles. The molecule has 0 aromatic heterocycles. The first-order valence-corrected chi connectivity index (χ1v) is 8.67. The minimum Gasteiger partial charge on any atom is -0.374 e. The molecule has 2 amide bonds. The van der Waals surface area contributed by atoms with Crippen molar-refractivity contribution in [1.29, 1.82) is 0 Å². The minimum atomic E-state index is -0.258. The second-order valence-electron chi connectivity index (χ2n) is 6.69. The highest BCUT2D eigenvalue weighted by molar-refractivity contribution is 6.01. The molecule has 2 N–H and O–H groups in total. The number of rotatable bonds is 3. The summed E-state index contributed by atoms with van der Waals surface area (Å²) < 4.78 is 0. The maximum absolute atomic E-state index is 12.7. The van der Waals surface area contributed by atoms with Crippen LogP contribution >= 0.6 is 0 Å². The number of amides is 2. The SMILES string of the molecule is Cc1ccc(N2CC[C@H](Nc3ccc4c(c3)C(=O)NCC4)C2=O)cc1. The normalized spacial score (nSPS) is 19.6. The molecule has 1 saturated heterocycles. The van der Waals surface area contributed by atoms with Crippen LogP contribution in [0.4, 0.5) is 11.4 Å². The monoisotopic (exact) mass is 335 g/mol. The van der Waals surface area contributed by atoms with Gasteiger partial charge in [0.2, 0.25) is 5.91 Å². The molecule has 0 unspecified atom stereocenters. The zero-order chi connectivity index (χ0) is 17.4. The fourth-order valence-corrected chi connectivity index (χ4v) is 3.50. The number of benzene rings is 2. The highest BCUT2D eigenvalue weighted by Crippen LogP contribution is 2.25. The molecule has 5 nitrogen and oxygen atoms in total. The first-order valence-electron chi connectivity index (χ1n) is 8.67. The zero-order valence-electron chi connectivity index (χ0n) is 14.2. The average Bonchev–Trinajstić information content (AvgIpc) is 2.97. The molecule has 4 rings (SSSR count). The van der Waals surface area contributed by atoms with Gasteiger partial charge in [0, 0.05) is 30.0 Å². The molecule has 0 radical (unpaired) electrons. The Kier molecular flexibility index (Phi) is 3.92. The number of fused-ring (bicyclic) bond motifs is 1. The molecule has 0 spiro atoms. The van der Waals surface area contributed by atoms with Crippen LogP contribution in [-0.4, -0.2) is 30.9 Å². The molecular weight excluding hydrogens is 314 g/mol. The van der Waals surface area contributed by atoms with Gasteiger partial charge in [0.25, 0.3) is 5.91 Å². The Labute approximate surface area is 147 Å². The predicted molar refractivity (Wildman–Crippen MR) is 98.0 cm³/mol. The van der Waals surface area contributed by atoms with Gasteiger partial charge in [0.05, 0.1) is 0 Å². The van der Waals surface area contributed by atoms with Gasteiger partial charge in [0.15, 0.2) is 0 Å². The fraction of sp³-hybridized carbons (Fsp3) is 0.300. The number of carbonyl (C=O) groups is 2. The van der Waals surface area contributed by atoms with Crippen LogP contribution in [0.25, 0.3) is 0 Å². The van der Waals surface area contributed by atoms with Gasteiger partial charge in [-0.1, -0.05) is 23.8 Å². The van der Waals surface area contributed by atoms with Crippen molar-refractivity contribution in [2.24, 2.45) is 0 Å². The third-order valence-electron chi connectivity index (χ3n) is 4.93. The number of carbonyl (C=O) groups excluding carboxylic acids is 2. The number of anilines is 2. The van der Waals surface area contributed by atoms with E-state index in [0.29, 0.717) is 18.7 Å². The summed E-state index contributed by atoms with van der Waals surface area (Å²) in [7, 11) is 0. The number of nitrogens with one attached hydrogen (secondary N) is 2. The highest BCUT2D eigenvalue weighted by Gasteiger charge is 2.32. The van der Waals surface area contributed by atoms with Gasteiger partial charge < -0.3 is 15.5 Å². The van der Waals surface area contributed by atoms with Gasteiger partial charge in [-0.3, -0.25) is 9.59 Å². The summed E-state index contributed by atoms with van der Waals surface area (Å²) in [6.07, 6.45) is 1.60. The molecule has 2 aliphatic heterocycles. The fourth-order valence-electron chi connectivity index (χ4n) is 3.50. The zero-order valence-corrected chi connectivity index (χ0v) is 14.2. The van der Waals surface area contributed by atoms with Crippen LogP contribution in [0.5, 0.6) is 0 Å². The van der Waals surface area contributed by atoms with Crippen LogP contribution in [0.3, 0.4) is 0 Å². The van der Waals surface area contributed by atoms with Crippen molar-refractivity contribution in [2.45, 2.75) is 25.8 Å². The van der Waals surface area contributed by atoms with Crippen LogP contribution in [0.15, 0.2) is 42.5 Å². The molecule has 5 heteroatoms. The third kappa shape index (κ3) is 2.97. The lowest BCUT2D eigenvalue weighted by Gasteiger charge is -2.20. The van der Waals surface area contributed by atoms with Crippen molar-refractivity contribution in [3.8, 4) is 0 Å². The van der Waals surface area contributed by atoms with Crippen LogP contribution in [0.1, 0.15) is 27.9 Å². The van der Waals surface area contributed by atoms with Gasteiger partial charge in [-0.05, 0) is 49.6 Å². The van der Waals surface area contributed by atoms with E-state index in [4.69, 9.17) is 0 Å². The summed E-state index contributed by atoms with van der Waals surface area (Å²) in [5.74, 6) is 0.0370. The lowest BCUT2D eigenvalue weighted by Crippen LogP contribution is -2.34. The molecule has 1 atom stereocenters. The summed E-state index contributed by atoms with van der Waals surface area (Å²) >= 11 is 0. The predicted octanol–water partition coefficient (Wildman–Crippen LogP) is 2.50. The molecule has 2 aliphatic rings. The Hall–Kier alpha value is -2.82. The van der Waals surface area contributed by atoms with Gasteiger partial charge in [-0.2, -0.15) is 0 Å². The van der Waals surface area contributed by atoms with Crippen molar-refractivity contribution in [3.63, 3.8) is 0 Å². The van der Waals surface area contributed by atoms with E-state index in [2.05, 4.69) is 10.6 Å². The van der Waals surface area contributed by atoms with Gasteiger partial charge in [-0.15, -0.1) is 0 Å². The maximum atomic E-state index is 12.7. The van der Waals surface area contributed by atoms with E-state index in [-0.39, 0.29) is 17.9 Å². The van der Waals surface area contributed by atoms with E-state index in [1.165, 1.54) is 5.56 Å². The van der Waals surface area contributed by atoms with Crippen molar-refractivity contribution in [3.05, 3.63) is 59.2 Å². The Morgan fingerprint density at radius 1 is 1.12 bits per heavy atom. The Balaban J connectivity index is 1.50. The highest BCUT2D eigenvalue weighted by atomic mass is 16.2. The average molecular weight is 335 g/mol. The Morgan fingerprint density at radius 2 is 1.92 bits per heavy atom. The molecule has 1 fully saturated rings. The van der Waals surface area contributed by atoms with E-state index in [9.17, 15) is 9.59 Å². The number of aryl methyl sites for hydroxylation is 1. The van der Waals surface area contributed by atoms with Gasteiger partial charge >= 0.3 is 0 Å². The molecular formula is C20H21N3O2. The first kappa shape index (κ1) is 15.7. The van der Waals surface area contributed by atoms with Crippen molar-refractivity contribution in [2.75, 3.05) is 23.3 Å². The van der Waals surface area contributed by atoms with Crippen LogP contribution in [0, 0.1) is 6.92 Å². The second kappa shape index (κ2) is 6.24. The number of hydrogen-bond acceptors (Lipinski definition) is 3.